The maximum atomic E-state index is 13.2. The number of rotatable bonds is 4. The zero-order chi connectivity index (χ0) is 14.7. The van der Waals surface area contributed by atoms with E-state index in [1.54, 1.807) is 36.7 Å². The Labute approximate surface area is 122 Å². The number of H-pyrrole nitrogens is 1. The molecule has 0 aliphatic rings. The van der Waals surface area contributed by atoms with Gasteiger partial charge in [-0.2, -0.15) is 0 Å². The number of benzene rings is 1. The van der Waals surface area contributed by atoms with Crippen molar-refractivity contribution in [2.24, 2.45) is 0 Å². The largest absolute Gasteiger partial charge is 0.378 e. The van der Waals surface area contributed by atoms with Crippen molar-refractivity contribution in [3.8, 4) is 0 Å². The van der Waals surface area contributed by atoms with Gasteiger partial charge < -0.3 is 10.1 Å². The van der Waals surface area contributed by atoms with Crippen LogP contribution in [0.1, 0.15) is 17.0 Å². The first-order valence-corrected chi connectivity index (χ1v) is 6.71. The molecule has 3 aromatic rings. The molecule has 2 N–H and O–H groups in total. The SMILES string of the molecule is OC(Cc1ccc[nH]1)(c1ccc(F)cc1)c1ccccn1. The third-order valence-corrected chi connectivity index (χ3v) is 3.52. The molecule has 3 nitrogen and oxygen atoms in total. The van der Waals surface area contributed by atoms with E-state index in [0.29, 0.717) is 17.7 Å². The Morgan fingerprint density at radius 2 is 1.86 bits per heavy atom. The number of aromatic amines is 1. The number of hydrogen-bond acceptors (Lipinski definition) is 2. The minimum atomic E-state index is -1.31. The Morgan fingerprint density at radius 1 is 1.05 bits per heavy atom. The molecule has 2 aromatic heterocycles. The first-order chi connectivity index (χ1) is 10.2. The fourth-order valence-electron chi connectivity index (χ4n) is 2.43. The second-order valence-corrected chi connectivity index (χ2v) is 4.95. The maximum absolute atomic E-state index is 13.2. The predicted octanol–water partition coefficient (Wildman–Crippen LogP) is 3.03. The molecule has 1 unspecified atom stereocenters. The molecule has 1 aromatic carbocycles. The summed E-state index contributed by atoms with van der Waals surface area (Å²) in [6, 6.07) is 15.0. The molecule has 4 heteroatoms. The smallest absolute Gasteiger partial charge is 0.137 e. The summed E-state index contributed by atoms with van der Waals surface area (Å²) >= 11 is 0. The average Bonchev–Trinajstić information content (AvgIpc) is 3.01. The van der Waals surface area contributed by atoms with E-state index in [-0.39, 0.29) is 5.82 Å². The van der Waals surface area contributed by atoms with Crippen LogP contribution in [0, 0.1) is 5.82 Å². The number of pyridine rings is 1. The van der Waals surface area contributed by atoms with Crippen LogP contribution in [-0.4, -0.2) is 15.1 Å². The number of aliphatic hydroxyl groups is 1. The van der Waals surface area contributed by atoms with Crippen LogP contribution >= 0.6 is 0 Å². The molecule has 0 bridgehead atoms. The topological polar surface area (TPSA) is 48.9 Å². The van der Waals surface area contributed by atoms with Gasteiger partial charge in [0.15, 0.2) is 0 Å². The Balaban J connectivity index is 2.08. The number of halogens is 1. The minimum absolute atomic E-state index is 0.331. The minimum Gasteiger partial charge on any atom is -0.378 e. The van der Waals surface area contributed by atoms with Gasteiger partial charge in [-0.15, -0.1) is 0 Å². The van der Waals surface area contributed by atoms with Gasteiger partial charge in [-0.3, -0.25) is 4.98 Å². The number of nitrogens with zero attached hydrogens (tertiary/aromatic N) is 1. The number of nitrogens with one attached hydrogen (secondary N) is 1. The van der Waals surface area contributed by atoms with Crippen LogP contribution in [0.5, 0.6) is 0 Å². The van der Waals surface area contributed by atoms with Crippen LogP contribution < -0.4 is 0 Å². The standard InChI is InChI=1S/C17H15FN2O/c18-14-8-6-13(7-9-14)17(21,12-15-4-3-11-19-15)16-5-1-2-10-20-16/h1-11,19,21H,12H2. The van der Waals surface area contributed by atoms with Crippen molar-refractivity contribution < 1.29 is 9.50 Å². The summed E-state index contributed by atoms with van der Waals surface area (Å²) < 4.78 is 13.2. The van der Waals surface area contributed by atoms with Crippen molar-refractivity contribution in [2.75, 3.05) is 0 Å². The quantitative estimate of drug-likeness (QED) is 0.772. The Bertz CT molecular complexity index is 695. The van der Waals surface area contributed by atoms with E-state index in [9.17, 15) is 9.50 Å². The lowest BCUT2D eigenvalue weighted by atomic mass is 9.85. The van der Waals surface area contributed by atoms with E-state index in [4.69, 9.17) is 0 Å². The summed E-state index contributed by atoms with van der Waals surface area (Å²) in [5.41, 5.74) is 0.718. The lowest BCUT2D eigenvalue weighted by Gasteiger charge is -2.28. The Hall–Kier alpha value is -2.46. The van der Waals surface area contributed by atoms with Crippen LogP contribution in [0.25, 0.3) is 0 Å². The summed E-state index contributed by atoms with van der Waals surface area (Å²) in [5, 5.41) is 11.2. The van der Waals surface area contributed by atoms with Crippen molar-refractivity contribution >= 4 is 0 Å². The molecule has 0 amide bonds. The first-order valence-electron chi connectivity index (χ1n) is 6.71. The molecule has 106 valence electrons. The van der Waals surface area contributed by atoms with Gasteiger partial charge in [0, 0.05) is 24.5 Å². The highest BCUT2D eigenvalue weighted by atomic mass is 19.1. The van der Waals surface area contributed by atoms with Crippen molar-refractivity contribution in [1.82, 2.24) is 9.97 Å². The lowest BCUT2D eigenvalue weighted by Crippen LogP contribution is -2.31. The average molecular weight is 282 g/mol. The zero-order valence-electron chi connectivity index (χ0n) is 11.3. The van der Waals surface area contributed by atoms with Gasteiger partial charge >= 0.3 is 0 Å². The number of aromatic nitrogens is 2. The fourth-order valence-corrected chi connectivity index (χ4v) is 2.43. The van der Waals surface area contributed by atoms with Gasteiger partial charge in [0.05, 0.1) is 5.69 Å². The van der Waals surface area contributed by atoms with E-state index < -0.39 is 5.60 Å². The highest BCUT2D eigenvalue weighted by Crippen LogP contribution is 2.31. The van der Waals surface area contributed by atoms with Crippen LogP contribution in [0.15, 0.2) is 67.0 Å². The van der Waals surface area contributed by atoms with Gasteiger partial charge in [-0.25, -0.2) is 4.39 Å². The third-order valence-electron chi connectivity index (χ3n) is 3.52. The number of hydrogen-bond donors (Lipinski definition) is 2. The molecule has 3 rings (SSSR count). The summed E-state index contributed by atoms with van der Waals surface area (Å²) in [7, 11) is 0. The van der Waals surface area contributed by atoms with Crippen LogP contribution in [0.3, 0.4) is 0 Å². The molecule has 21 heavy (non-hydrogen) atoms. The summed E-state index contributed by atoms with van der Waals surface area (Å²) in [6.45, 7) is 0. The molecule has 0 saturated carbocycles. The predicted molar refractivity (Wildman–Crippen MR) is 78.1 cm³/mol. The first kappa shape index (κ1) is 13.5. The molecular weight excluding hydrogens is 267 g/mol. The Kier molecular flexibility index (Phi) is 3.54. The molecule has 0 aliphatic heterocycles. The normalized spacial score (nSPS) is 13.8. The van der Waals surface area contributed by atoms with E-state index in [2.05, 4.69) is 9.97 Å². The molecule has 2 heterocycles. The highest BCUT2D eigenvalue weighted by molar-refractivity contribution is 5.34. The lowest BCUT2D eigenvalue weighted by molar-refractivity contribution is 0.0755. The van der Waals surface area contributed by atoms with Crippen LogP contribution in [-0.2, 0) is 12.0 Å². The van der Waals surface area contributed by atoms with Gasteiger partial charge in [0.1, 0.15) is 11.4 Å². The van der Waals surface area contributed by atoms with Gasteiger partial charge in [-0.1, -0.05) is 18.2 Å². The van der Waals surface area contributed by atoms with E-state index in [1.807, 2.05) is 18.2 Å². The van der Waals surface area contributed by atoms with E-state index >= 15 is 0 Å². The van der Waals surface area contributed by atoms with Crippen molar-refractivity contribution in [1.29, 1.82) is 0 Å². The molecule has 0 fully saturated rings. The van der Waals surface area contributed by atoms with Crippen molar-refractivity contribution in [3.63, 3.8) is 0 Å². The third kappa shape index (κ3) is 2.71. The van der Waals surface area contributed by atoms with Crippen molar-refractivity contribution in [3.05, 3.63) is 89.8 Å². The van der Waals surface area contributed by atoms with Crippen LogP contribution in [0.2, 0.25) is 0 Å². The second-order valence-electron chi connectivity index (χ2n) is 4.95. The van der Waals surface area contributed by atoms with Crippen LogP contribution in [0.4, 0.5) is 4.39 Å². The fraction of sp³-hybridized carbons (Fsp3) is 0.118. The molecule has 0 aliphatic carbocycles. The van der Waals surface area contributed by atoms with Crippen molar-refractivity contribution in [2.45, 2.75) is 12.0 Å². The maximum Gasteiger partial charge on any atom is 0.137 e. The molecule has 0 radical (unpaired) electrons. The summed E-state index contributed by atoms with van der Waals surface area (Å²) in [5.74, 6) is -0.331. The molecular formula is C17H15FN2O. The highest BCUT2D eigenvalue weighted by Gasteiger charge is 2.33. The van der Waals surface area contributed by atoms with Gasteiger partial charge in [-0.05, 0) is 42.0 Å². The molecule has 1 atom stereocenters. The van der Waals surface area contributed by atoms with Gasteiger partial charge in [0.25, 0.3) is 0 Å². The zero-order valence-corrected chi connectivity index (χ0v) is 11.3. The molecule has 0 spiro atoms. The Morgan fingerprint density at radius 3 is 2.48 bits per heavy atom. The molecule has 0 saturated heterocycles. The van der Waals surface area contributed by atoms with Gasteiger partial charge in [0.2, 0.25) is 0 Å². The van der Waals surface area contributed by atoms with E-state index in [0.717, 1.165) is 5.69 Å². The second kappa shape index (κ2) is 5.50. The summed E-state index contributed by atoms with van der Waals surface area (Å²) in [4.78, 5) is 7.35. The summed E-state index contributed by atoms with van der Waals surface area (Å²) in [6.07, 6.45) is 3.78. The monoisotopic (exact) mass is 282 g/mol. The van der Waals surface area contributed by atoms with E-state index in [1.165, 1.54) is 12.1 Å².